The summed E-state index contributed by atoms with van der Waals surface area (Å²) in [5.41, 5.74) is 5.00. The van der Waals surface area contributed by atoms with Crippen LogP contribution in [-0.4, -0.2) is 16.1 Å². The molecule has 0 aliphatic rings. The first kappa shape index (κ1) is 6.95. The third kappa shape index (κ3) is 1.41. The van der Waals surface area contributed by atoms with Gasteiger partial charge in [-0.25, -0.2) is 9.78 Å². The van der Waals surface area contributed by atoms with E-state index in [1.54, 1.807) is 12.3 Å². The molecule has 2 N–H and O–H groups in total. The molecule has 10 heavy (non-hydrogen) atoms. The fourth-order valence-corrected chi connectivity index (χ4v) is 0.696. The van der Waals surface area contributed by atoms with Crippen molar-refractivity contribution in [2.24, 2.45) is 5.73 Å². The van der Waals surface area contributed by atoms with Crippen molar-refractivity contribution in [3.63, 3.8) is 0 Å². The van der Waals surface area contributed by atoms with Crippen LogP contribution in [0.3, 0.4) is 0 Å². The first-order valence-electron chi connectivity index (χ1n) is 3.06. The normalized spacial score (nSPS) is 9.70. The molecule has 0 aromatic carbocycles. The van der Waals surface area contributed by atoms with Gasteiger partial charge in [0.1, 0.15) is 0 Å². The summed E-state index contributed by atoms with van der Waals surface area (Å²) in [5, 5.41) is 0. The van der Waals surface area contributed by atoms with Crippen LogP contribution >= 0.6 is 0 Å². The fourth-order valence-electron chi connectivity index (χ4n) is 0.696. The summed E-state index contributed by atoms with van der Waals surface area (Å²) in [5.74, 6) is 0. The molecule has 0 aliphatic heterocycles. The second-order valence-corrected chi connectivity index (χ2v) is 1.88. The van der Waals surface area contributed by atoms with Crippen molar-refractivity contribution in [1.82, 2.24) is 9.55 Å². The summed E-state index contributed by atoms with van der Waals surface area (Å²) in [6.07, 6.45) is 3.14. The molecule has 0 bridgehead atoms. The summed E-state index contributed by atoms with van der Waals surface area (Å²) in [4.78, 5) is 14.4. The Hall–Kier alpha value is -1.16. The number of nitrogens with zero attached hydrogens (tertiary/aromatic N) is 2. The van der Waals surface area contributed by atoms with E-state index in [0.717, 1.165) is 0 Å². The third-order valence-corrected chi connectivity index (χ3v) is 1.15. The monoisotopic (exact) mass is 139 g/mol. The topological polar surface area (TPSA) is 60.9 Å². The molecule has 1 heterocycles. The van der Waals surface area contributed by atoms with Gasteiger partial charge in [0.25, 0.3) is 0 Å². The minimum Gasteiger partial charge on any atom is -0.329 e. The Morgan fingerprint density at radius 1 is 1.70 bits per heavy atom. The number of hydrogen-bond acceptors (Lipinski definition) is 3. The predicted octanol–water partition coefficient (Wildman–Crippen LogP) is -0.798. The molecule has 0 unspecified atom stereocenters. The summed E-state index contributed by atoms with van der Waals surface area (Å²) in [7, 11) is 0. The standard InChI is InChI=1S/C6H9N3O/c7-2-5-9-4-1-3-8-6(9)10/h1,3-4H,2,5,7H2. The van der Waals surface area contributed by atoms with Gasteiger partial charge in [0.05, 0.1) is 0 Å². The van der Waals surface area contributed by atoms with E-state index in [0.29, 0.717) is 13.1 Å². The summed E-state index contributed by atoms with van der Waals surface area (Å²) >= 11 is 0. The van der Waals surface area contributed by atoms with Crippen LogP contribution in [0.4, 0.5) is 0 Å². The lowest BCUT2D eigenvalue weighted by Gasteiger charge is -1.98. The zero-order chi connectivity index (χ0) is 7.40. The molecule has 0 fully saturated rings. The fraction of sp³-hybridized carbons (Fsp3) is 0.333. The van der Waals surface area contributed by atoms with Gasteiger partial charge in [-0.3, -0.25) is 4.57 Å². The van der Waals surface area contributed by atoms with E-state index in [1.807, 2.05) is 0 Å². The Kier molecular flexibility index (Phi) is 2.17. The zero-order valence-electron chi connectivity index (χ0n) is 5.53. The van der Waals surface area contributed by atoms with Gasteiger partial charge in [-0.05, 0) is 6.07 Å². The third-order valence-electron chi connectivity index (χ3n) is 1.15. The van der Waals surface area contributed by atoms with E-state index in [9.17, 15) is 4.79 Å². The van der Waals surface area contributed by atoms with Crippen LogP contribution in [0.15, 0.2) is 23.3 Å². The lowest BCUT2D eigenvalue weighted by molar-refractivity contribution is 0.659. The largest absolute Gasteiger partial charge is 0.347 e. The van der Waals surface area contributed by atoms with Gasteiger partial charge in [0, 0.05) is 25.5 Å². The van der Waals surface area contributed by atoms with E-state index in [-0.39, 0.29) is 5.69 Å². The van der Waals surface area contributed by atoms with Crippen molar-refractivity contribution in [2.75, 3.05) is 6.54 Å². The number of aromatic nitrogens is 2. The van der Waals surface area contributed by atoms with Gasteiger partial charge < -0.3 is 5.73 Å². The van der Waals surface area contributed by atoms with E-state index >= 15 is 0 Å². The summed E-state index contributed by atoms with van der Waals surface area (Å²) in [6, 6.07) is 1.71. The van der Waals surface area contributed by atoms with Crippen molar-refractivity contribution in [1.29, 1.82) is 0 Å². The van der Waals surface area contributed by atoms with Crippen molar-refractivity contribution >= 4 is 0 Å². The van der Waals surface area contributed by atoms with Gasteiger partial charge >= 0.3 is 5.69 Å². The maximum Gasteiger partial charge on any atom is 0.347 e. The van der Waals surface area contributed by atoms with Crippen LogP contribution in [-0.2, 0) is 6.54 Å². The molecule has 1 aromatic heterocycles. The van der Waals surface area contributed by atoms with Crippen LogP contribution in [0.25, 0.3) is 0 Å². The molecule has 0 radical (unpaired) electrons. The van der Waals surface area contributed by atoms with E-state index < -0.39 is 0 Å². The second-order valence-electron chi connectivity index (χ2n) is 1.88. The van der Waals surface area contributed by atoms with Gasteiger partial charge in [-0.2, -0.15) is 0 Å². The highest BCUT2D eigenvalue weighted by Gasteiger charge is 1.89. The van der Waals surface area contributed by atoms with Gasteiger partial charge in [0.15, 0.2) is 0 Å². The van der Waals surface area contributed by atoms with Crippen LogP contribution in [0.5, 0.6) is 0 Å². The van der Waals surface area contributed by atoms with E-state index in [4.69, 9.17) is 5.73 Å². The highest BCUT2D eigenvalue weighted by molar-refractivity contribution is 4.80. The molecule has 0 aliphatic carbocycles. The average Bonchev–Trinajstić information content (AvgIpc) is 1.94. The highest BCUT2D eigenvalue weighted by atomic mass is 16.1. The molecule has 0 amide bonds. The maximum absolute atomic E-state index is 10.8. The molecule has 4 heteroatoms. The predicted molar refractivity (Wildman–Crippen MR) is 37.6 cm³/mol. The minimum absolute atomic E-state index is 0.243. The average molecular weight is 139 g/mol. The van der Waals surface area contributed by atoms with Crippen LogP contribution < -0.4 is 11.4 Å². The first-order chi connectivity index (χ1) is 4.84. The molecular formula is C6H9N3O. The molecule has 0 spiro atoms. The lowest BCUT2D eigenvalue weighted by Crippen LogP contribution is -2.24. The Morgan fingerprint density at radius 3 is 3.10 bits per heavy atom. The summed E-state index contributed by atoms with van der Waals surface area (Å²) in [6.45, 7) is 0.998. The first-order valence-corrected chi connectivity index (χ1v) is 3.06. The van der Waals surface area contributed by atoms with E-state index in [1.165, 1.54) is 10.8 Å². The second kappa shape index (κ2) is 3.12. The molecule has 1 aromatic rings. The van der Waals surface area contributed by atoms with Gasteiger partial charge in [0.2, 0.25) is 0 Å². The van der Waals surface area contributed by atoms with Crippen molar-refractivity contribution in [3.8, 4) is 0 Å². The lowest BCUT2D eigenvalue weighted by atomic mass is 10.6. The summed E-state index contributed by atoms with van der Waals surface area (Å²) < 4.78 is 1.47. The molecular weight excluding hydrogens is 130 g/mol. The molecule has 1 rings (SSSR count). The van der Waals surface area contributed by atoms with Crippen molar-refractivity contribution < 1.29 is 0 Å². The van der Waals surface area contributed by atoms with Crippen molar-refractivity contribution in [2.45, 2.75) is 6.54 Å². The number of hydrogen-bond donors (Lipinski definition) is 1. The van der Waals surface area contributed by atoms with E-state index in [2.05, 4.69) is 4.98 Å². The van der Waals surface area contributed by atoms with Crippen LogP contribution in [0.2, 0.25) is 0 Å². The minimum atomic E-state index is -0.243. The van der Waals surface area contributed by atoms with Gasteiger partial charge in [-0.15, -0.1) is 0 Å². The van der Waals surface area contributed by atoms with Gasteiger partial charge in [-0.1, -0.05) is 0 Å². The zero-order valence-corrected chi connectivity index (χ0v) is 5.53. The molecule has 0 saturated heterocycles. The SMILES string of the molecule is NCCn1cccnc1=O. The Balaban J connectivity index is 2.92. The Morgan fingerprint density at radius 2 is 2.50 bits per heavy atom. The maximum atomic E-state index is 10.8. The molecule has 4 nitrogen and oxygen atoms in total. The Bertz CT molecular complexity index is 255. The van der Waals surface area contributed by atoms with Crippen LogP contribution in [0, 0.1) is 0 Å². The van der Waals surface area contributed by atoms with Crippen molar-refractivity contribution in [3.05, 3.63) is 28.9 Å². The molecule has 0 atom stereocenters. The highest BCUT2D eigenvalue weighted by Crippen LogP contribution is 1.75. The van der Waals surface area contributed by atoms with Crippen LogP contribution in [0.1, 0.15) is 0 Å². The Labute approximate surface area is 58.3 Å². The smallest absolute Gasteiger partial charge is 0.329 e. The molecule has 54 valence electrons. The number of rotatable bonds is 2. The quantitative estimate of drug-likeness (QED) is 0.583. The molecule has 0 saturated carbocycles. The number of nitrogens with two attached hydrogens (primary N) is 1.